The number of hydrogen-bond donors (Lipinski definition) is 1. The van der Waals surface area contributed by atoms with E-state index in [0.29, 0.717) is 5.57 Å². The Morgan fingerprint density at radius 2 is 1.58 bits per heavy atom. The van der Waals surface area contributed by atoms with E-state index in [4.69, 9.17) is 0 Å². The van der Waals surface area contributed by atoms with Gasteiger partial charge in [0.2, 0.25) is 0 Å². The molecule has 3 rings (SSSR count). The van der Waals surface area contributed by atoms with E-state index in [1.54, 1.807) is 6.08 Å². The molecule has 0 aromatic heterocycles. The Labute approximate surface area is 154 Å². The number of carboxylic acid groups (broad SMARTS) is 1. The lowest BCUT2D eigenvalue weighted by molar-refractivity contribution is -0.130. The van der Waals surface area contributed by atoms with Crippen LogP contribution in [0.3, 0.4) is 0 Å². The number of nitrogens with zero attached hydrogens (tertiary/aromatic N) is 1. The van der Waals surface area contributed by atoms with Crippen LogP contribution in [-0.4, -0.2) is 24.2 Å². The summed E-state index contributed by atoms with van der Waals surface area (Å²) in [6.07, 6.45) is 1.75. The zero-order chi connectivity index (χ0) is 18.5. The van der Waals surface area contributed by atoms with Crippen molar-refractivity contribution < 1.29 is 9.90 Å². The van der Waals surface area contributed by atoms with Crippen LogP contribution in [0.5, 0.6) is 0 Å². The summed E-state index contributed by atoms with van der Waals surface area (Å²) >= 11 is 0. The highest BCUT2D eigenvalue weighted by Gasteiger charge is 2.13. The number of fused-ring (bicyclic) bond motifs is 1. The Hall–Kier alpha value is -3.07. The van der Waals surface area contributed by atoms with Gasteiger partial charge in [0.15, 0.2) is 0 Å². The van der Waals surface area contributed by atoms with Gasteiger partial charge in [0.25, 0.3) is 0 Å². The molecule has 1 N–H and O–H groups in total. The maximum absolute atomic E-state index is 11.9. The Balaban J connectivity index is 2.04. The number of benzene rings is 3. The van der Waals surface area contributed by atoms with Crippen LogP contribution in [0.4, 0.5) is 5.69 Å². The fourth-order valence-corrected chi connectivity index (χ4v) is 3.25. The Morgan fingerprint density at radius 3 is 2.23 bits per heavy atom. The van der Waals surface area contributed by atoms with Crippen molar-refractivity contribution in [3.8, 4) is 0 Å². The summed E-state index contributed by atoms with van der Waals surface area (Å²) in [7, 11) is 0. The minimum absolute atomic E-state index is 0.303. The number of rotatable bonds is 6. The summed E-state index contributed by atoms with van der Waals surface area (Å²) in [6, 6.07) is 21.7. The normalized spacial score (nSPS) is 11.5. The minimum atomic E-state index is -0.922. The van der Waals surface area contributed by atoms with Crippen molar-refractivity contribution in [3.63, 3.8) is 0 Å². The molecule has 0 radical (unpaired) electrons. The number of carboxylic acids is 1. The lowest BCUT2D eigenvalue weighted by atomic mass is 9.96. The summed E-state index contributed by atoms with van der Waals surface area (Å²) < 4.78 is 0. The molecule has 0 fully saturated rings. The SMILES string of the molecule is CCN(CC)c1ccc(/C=C(\C(=O)O)c2cccc3ccccc23)cc1. The first kappa shape index (κ1) is 17.7. The van der Waals surface area contributed by atoms with Crippen LogP contribution in [0.25, 0.3) is 22.4 Å². The van der Waals surface area contributed by atoms with Crippen molar-refractivity contribution in [1.82, 2.24) is 0 Å². The van der Waals surface area contributed by atoms with E-state index < -0.39 is 5.97 Å². The monoisotopic (exact) mass is 345 g/mol. The molecular weight excluding hydrogens is 322 g/mol. The summed E-state index contributed by atoms with van der Waals surface area (Å²) in [5.74, 6) is -0.922. The molecule has 0 heterocycles. The molecule has 3 nitrogen and oxygen atoms in total. The third kappa shape index (κ3) is 3.62. The molecule has 3 heteroatoms. The topological polar surface area (TPSA) is 40.5 Å². The predicted molar refractivity (Wildman–Crippen MR) is 109 cm³/mol. The number of aliphatic carboxylic acids is 1. The van der Waals surface area contributed by atoms with Gasteiger partial charge in [0.1, 0.15) is 0 Å². The summed E-state index contributed by atoms with van der Waals surface area (Å²) in [4.78, 5) is 14.2. The van der Waals surface area contributed by atoms with Crippen molar-refractivity contribution in [2.45, 2.75) is 13.8 Å². The molecular formula is C23H23NO2. The van der Waals surface area contributed by atoms with Gasteiger partial charge >= 0.3 is 5.97 Å². The molecule has 0 aliphatic carbocycles. The van der Waals surface area contributed by atoms with Crippen LogP contribution in [0, 0.1) is 0 Å². The highest BCUT2D eigenvalue weighted by atomic mass is 16.4. The first-order valence-electron chi connectivity index (χ1n) is 8.92. The van der Waals surface area contributed by atoms with Crippen LogP contribution in [-0.2, 0) is 4.79 Å². The first-order valence-corrected chi connectivity index (χ1v) is 8.92. The van der Waals surface area contributed by atoms with E-state index in [1.165, 1.54) is 0 Å². The van der Waals surface area contributed by atoms with Gasteiger partial charge in [0.05, 0.1) is 5.57 Å². The van der Waals surface area contributed by atoms with E-state index in [2.05, 4.69) is 18.7 Å². The summed E-state index contributed by atoms with van der Waals surface area (Å²) in [5.41, 5.74) is 3.07. The second kappa shape index (κ2) is 7.87. The smallest absolute Gasteiger partial charge is 0.336 e. The third-order valence-electron chi connectivity index (χ3n) is 4.64. The highest BCUT2D eigenvalue weighted by molar-refractivity contribution is 6.23. The number of hydrogen-bond acceptors (Lipinski definition) is 2. The Bertz CT molecular complexity index is 933. The molecule has 3 aromatic carbocycles. The van der Waals surface area contributed by atoms with E-state index in [0.717, 1.165) is 40.7 Å². The zero-order valence-electron chi connectivity index (χ0n) is 15.1. The quantitative estimate of drug-likeness (QED) is 0.486. The van der Waals surface area contributed by atoms with Gasteiger partial charge in [-0.2, -0.15) is 0 Å². The molecule has 132 valence electrons. The maximum atomic E-state index is 11.9. The zero-order valence-corrected chi connectivity index (χ0v) is 15.1. The van der Waals surface area contributed by atoms with Gasteiger partial charge in [-0.15, -0.1) is 0 Å². The van der Waals surface area contributed by atoms with Crippen molar-refractivity contribution in [1.29, 1.82) is 0 Å². The molecule has 3 aromatic rings. The summed E-state index contributed by atoms with van der Waals surface area (Å²) in [6.45, 7) is 6.14. The average Bonchev–Trinajstić information content (AvgIpc) is 2.67. The second-order valence-corrected chi connectivity index (χ2v) is 6.15. The van der Waals surface area contributed by atoms with Crippen molar-refractivity contribution in [3.05, 3.63) is 77.9 Å². The van der Waals surface area contributed by atoms with Crippen LogP contribution in [0.2, 0.25) is 0 Å². The second-order valence-electron chi connectivity index (χ2n) is 6.15. The third-order valence-corrected chi connectivity index (χ3v) is 4.64. The van der Waals surface area contributed by atoms with E-state index in [1.807, 2.05) is 66.7 Å². The average molecular weight is 345 g/mol. The van der Waals surface area contributed by atoms with Gasteiger partial charge in [-0.25, -0.2) is 4.79 Å². The van der Waals surface area contributed by atoms with E-state index in [-0.39, 0.29) is 0 Å². The van der Waals surface area contributed by atoms with Crippen molar-refractivity contribution >= 4 is 34.1 Å². The first-order chi connectivity index (χ1) is 12.6. The number of carbonyl (C=O) groups is 1. The van der Waals surface area contributed by atoms with Gasteiger partial charge in [-0.1, -0.05) is 54.6 Å². The molecule has 0 amide bonds. The fourth-order valence-electron chi connectivity index (χ4n) is 3.25. The predicted octanol–water partition coefficient (Wildman–Crippen LogP) is 5.31. The largest absolute Gasteiger partial charge is 0.478 e. The molecule has 0 aliphatic rings. The van der Waals surface area contributed by atoms with Crippen molar-refractivity contribution in [2.24, 2.45) is 0 Å². The fraction of sp³-hybridized carbons (Fsp3) is 0.174. The molecule has 26 heavy (non-hydrogen) atoms. The van der Waals surface area contributed by atoms with Crippen LogP contribution in [0.1, 0.15) is 25.0 Å². The minimum Gasteiger partial charge on any atom is -0.478 e. The van der Waals surface area contributed by atoms with Crippen LogP contribution < -0.4 is 4.90 Å². The van der Waals surface area contributed by atoms with Gasteiger partial charge in [-0.3, -0.25) is 0 Å². The molecule has 0 saturated carbocycles. The molecule has 0 saturated heterocycles. The molecule has 0 spiro atoms. The summed E-state index contributed by atoms with van der Waals surface area (Å²) in [5, 5.41) is 11.8. The van der Waals surface area contributed by atoms with Crippen LogP contribution >= 0.6 is 0 Å². The molecule has 0 aliphatic heterocycles. The maximum Gasteiger partial charge on any atom is 0.336 e. The van der Waals surface area contributed by atoms with Gasteiger partial charge in [0, 0.05) is 18.8 Å². The van der Waals surface area contributed by atoms with Gasteiger partial charge in [-0.05, 0) is 54.0 Å². The number of anilines is 1. The van der Waals surface area contributed by atoms with Crippen LogP contribution in [0.15, 0.2) is 66.7 Å². The van der Waals surface area contributed by atoms with E-state index in [9.17, 15) is 9.90 Å². The Morgan fingerprint density at radius 1 is 0.923 bits per heavy atom. The highest BCUT2D eigenvalue weighted by Crippen LogP contribution is 2.27. The molecule has 0 atom stereocenters. The van der Waals surface area contributed by atoms with Crippen molar-refractivity contribution in [2.75, 3.05) is 18.0 Å². The van der Waals surface area contributed by atoms with E-state index >= 15 is 0 Å². The lowest BCUT2D eigenvalue weighted by Crippen LogP contribution is -2.21. The lowest BCUT2D eigenvalue weighted by Gasteiger charge is -2.20. The molecule has 0 unspecified atom stereocenters. The standard InChI is InChI=1S/C23H23NO2/c1-3-24(4-2)19-14-12-17(13-15-19)16-22(23(25)26)21-11-7-9-18-8-5-6-10-20(18)21/h5-16H,3-4H2,1-2H3,(H,25,26)/b22-16-. The molecule has 0 bridgehead atoms. The Kier molecular flexibility index (Phi) is 5.37. The van der Waals surface area contributed by atoms with Gasteiger partial charge < -0.3 is 10.0 Å².